The first-order chi connectivity index (χ1) is 10.6. The monoisotopic (exact) mass is 333 g/mol. The molecule has 0 N–H and O–H groups in total. The van der Waals surface area contributed by atoms with Crippen molar-refractivity contribution in [2.45, 2.75) is 84.7 Å². The zero-order valence-electron chi connectivity index (χ0n) is 14.4. The van der Waals surface area contributed by atoms with Crippen molar-refractivity contribution in [1.82, 2.24) is 0 Å². The van der Waals surface area contributed by atoms with Gasteiger partial charge in [-0.2, -0.15) is 5.26 Å². The van der Waals surface area contributed by atoms with E-state index < -0.39 is 13.9 Å². The van der Waals surface area contributed by atoms with Crippen LogP contribution in [0.3, 0.4) is 0 Å². The Balaban J connectivity index is 4.29. The highest BCUT2D eigenvalue weighted by Gasteiger charge is 2.30. The van der Waals surface area contributed by atoms with Gasteiger partial charge < -0.3 is 0 Å². The third-order valence-corrected chi connectivity index (χ3v) is 4.78. The molecule has 0 aliphatic carbocycles. The molecule has 0 amide bonds. The molecular weight excluding hydrogens is 301 g/mol. The molecule has 0 radical (unpaired) electrons. The summed E-state index contributed by atoms with van der Waals surface area (Å²) in [7, 11) is -3.63. The Bertz CT molecular complexity index is 326. The molecule has 6 heteroatoms. The van der Waals surface area contributed by atoms with Crippen LogP contribution in [-0.4, -0.2) is 19.3 Å². The Kier molecular flexibility index (Phi) is 14.0. The Morgan fingerprint density at radius 3 is 1.77 bits per heavy atom. The van der Waals surface area contributed by atoms with Crippen LogP contribution in [0.5, 0.6) is 0 Å². The van der Waals surface area contributed by atoms with Gasteiger partial charge >= 0.3 is 7.82 Å². The molecule has 130 valence electrons. The normalized spacial score (nSPS) is 13.0. The lowest BCUT2D eigenvalue weighted by Gasteiger charge is -2.20. The van der Waals surface area contributed by atoms with E-state index in [1.807, 2.05) is 6.07 Å². The standard InChI is InChI=1S/C16H32NO4P/c1-4-7-9-11-13-19-22(18,21-16(6-3)15-17)20-14-12-10-8-5-2/h16H,4-14H2,1-3H3. The van der Waals surface area contributed by atoms with E-state index in [2.05, 4.69) is 13.8 Å². The summed E-state index contributed by atoms with van der Waals surface area (Å²) in [6, 6.07) is 1.97. The van der Waals surface area contributed by atoms with E-state index in [0.717, 1.165) is 51.4 Å². The first kappa shape index (κ1) is 21.6. The molecule has 5 nitrogen and oxygen atoms in total. The summed E-state index contributed by atoms with van der Waals surface area (Å²) in [5.41, 5.74) is 0. The number of nitrogens with zero attached hydrogens (tertiary/aromatic N) is 1. The van der Waals surface area contributed by atoms with Crippen LogP contribution in [-0.2, 0) is 18.1 Å². The largest absolute Gasteiger partial charge is 0.476 e. The number of nitriles is 1. The van der Waals surface area contributed by atoms with E-state index >= 15 is 0 Å². The van der Waals surface area contributed by atoms with Crippen molar-refractivity contribution >= 4 is 7.82 Å². The second-order valence-corrected chi connectivity index (χ2v) is 6.99. The van der Waals surface area contributed by atoms with Crippen LogP contribution in [0.15, 0.2) is 0 Å². The summed E-state index contributed by atoms with van der Waals surface area (Å²) < 4.78 is 28.6. The minimum absolute atomic E-state index is 0.341. The van der Waals surface area contributed by atoms with Crippen molar-refractivity contribution in [2.75, 3.05) is 13.2 Å². The van der Waals surface area contributed by atoms with Crippen molar-refractivity contribution < 1.29 is 18.1 Å². The van der Waals surface area contributed by atoms with E-state index in [-0.39, 0.29) is 0 Å². The van der Waals surface area contributed by atoms with Gasteiger partial charge in [-0.1, -0.05) is 59.3 Å². The highest BCUT2D eigenvalue weighted by atomic mass is 31.2. The maximum absolute atomic E-state index is 12.6. The van der Waals surface area contributed by atoms with Crippen molar-refractivity contribution in [2.24, 2.45) is 0 Å². The Morgan fingerprint density at radius 1 is 0.909 bits per heavy atom. The zero-order valence-corrected chi connectivity index (χ0v) is 15.3. The average Bonchev–Trinajstić information content (AvgIpc) is 2.52. The third-order valence-electron chi connectivity index (χ3n) is 3.27. The summed E-state index contributed by atoms with van der Waals surface area (Å²) in [5, 5.41) is 8.97. The molecule has 0 aliphatic rings. The van der Waals surface area contributed by atoms with Crippen LogP contribution in [0.1, 0.15) is 78.6 Å². The number of unbranched alkanes of at least 4 members (excludes halogenated alkanes) is 6. The number of phosphoric ester groups is 1. The molecule has 0 rings (SSSR count). The molecule has 1 unspecified atom stereocenters. The van der Waals surface area contributed by atoms with E-state index in [0.29, 0.717) is 19.6 Å². The lowest BCUT2D eigenvalue weighted by Crippen LogP contribution is -2.11. The molecular formula is C16H32NO4P. The fraction of sp³-hybridized carbons (Fsp3) is 0.938. The number of phosphoric acid groups is 1. The maximum atomic E-state index is 12.6. The van der Waals surface area contributed by atoms with Gasteiger partial charge in [-0.25, -0.2) is 4.57 Å². The minimum atomic E-state index is -3.63. The Morgan fingerprint density at radius 2 is 1.41 bits per heavy atom. The molecule has 0 bridgehead atoms. The van der Waals surface area contributed by atoms with Gasteiger partial charge in [-0.3, -0.25) is 13.6 Å². The number of hydrogen-bond acceptors (Lipinski definition) is 5. The van der Waals surface area contributed by atoms with E-state index in [4.69, 9.17) is 18.8 Å². The van der Waals surface area contributed by atoms with Gasteiger partial charge in [0.05, 0.1) is 19.3 Å². The maximum Gasteiger partial charge on any atom is 0.476 e. The Hall–Kier alpha value is -0.400. The van der Waals surface area contributed by atoms with Crippen molar-refractivity contribution in [3.63, 3.8) is 0 Å². The van der Waals surface area contributed by atoms with E-state index in [9.17, 15) is 4.57 Å². The van der Waals surface area contributed by atoms with Gasteiger partial charge in [-0.15, -0.1) is 0 Å². The van der Waals surface area contributed by atoms with Gasteiger partial charge in [0.2, 0.25) is 0 Å². The van der Waals surface area contributed by atoms with Gasteiger partial charge in [0.1, 0.15) is 0 Å². The molecule has 0 spiro atoms. The quantitative estimate of drug-likeness (QED) is 0.288. The van der Waals surface area contributed by atoms with Crippen LogP contribution in [0.4, 0.5) is 0 Å². The molecule has 0 aromatic carbocycles. The SMILES string of the molecule is CCCCCCOP(=O)(OCCCCCC)OC(C#N)CC. The van der Waals surface area contributed by atoms with Gasteiger partial charge in [0.15, 0.2) is 6.10 Å². The minimum Gasteiger partial charge on any atom is -0.287 e. The fourth-order valence-electron chi connectivity index (χ4n) is 1.85. The van der Waals surface area contributed by atoms with Crippen molar-refractivity contribution in [3.8, 4) is 6.07 Å². The summed E-state index contributed by atoms with van der Waals surface area (Å²) in [6.07, 6.45) is 7.93. The lowest BCUT2D eigenvalue weighted by molar-refractivity contribution is 0.0921. The van der Waals surface area contributed by atoms with Gasteiger partial charge in [0, 0.05) is 0 Å². The summed E-state index contributed by atoms with van der Waals surface area (Å²) >= 11 is 0. The zero-order chi connectivity index (χ0) is 16.7. The van der Waals surface area contributed by atoms with E-state index in [1.54, 1.807) is 6.92 Å². The lowest BCUT2D eigenvalue weighted by atomic mass is 10.2. The van der Waals surface area contributed by atoms with Crippen LogP contribution in [0.25, 0.3) is 0 Å². The van der Waals surface area contributed by atoms with Crippen LogP contribution < -0.4 is 0 Å². The summed E-state index contributed by atoms with van der Waals surface area (Å²) in [5.74, 6) is 0. The fourth-order valence-corrected chi connectivity index (χ4v) is 3.26. The molecule has 0 aromatic heterocycles. The molecule has 0 aliphatic heterocycles. The molecule has 22 heavy (non-hydrogen) atoms. The molecule has 0 fully saturated rings. The molecule has 0 saturated heterocycles. The number of hydrogen-bond donors (Lipinski definition) is 0. The second kappa shape index (κ2) is 14.2. The topological polar surface area (TPSA) is 68.6 Å². The Labute approximate surface area is 135 Å². The average molecular weight is 333 g/mol. The van der Waals surface area contributed by atoms with E-state index in [1.165, 1.54) is 0 Å². The molecule has 0 saturated carbocycles. The molecule has 1 atom stereocenters. The first-order valence-electron chi connectivity index (χ1n) is 8.59. The summed E-state index contributed by atoms with van der Waals surface area (Å²) in [4.78, 5) is 0. The predicted molar refractivity (Wildman–Crippen MR) is 88.6 cm³/mol. The van der Waals surface area contributed by atoms with Gasteiger partial charge in [0.25, 0.3) is 0 Å². The highest BCUT2D eigenvalue weighted by Crippen LogP contribution is 2.51. The van der Waals surface area contributed by atoms with Crippen LogP contribution >= 0.6 is 7.82 Å². The van der Waals surface area contributed by atoms with Crippen molar-refractivity contribution in [1.29, 1.82) is 5.26 Å². The first-order valence-corrected chi connectivity index (χ1v) is 10.0. The smallest absolute Gasteiger partial charge is 0.287 e. The van der Waals surface area contributed by atoms with Crippen molar-refractivity contribution in [3.05, 3.63) is 0 Å². The predicted octanol–water partition coefficient (Wildman–Crippen LogP) is 5.61. The second-order valence-electron chi connectivity index (χ2n) is 5.37. The summed E-state index contributed by atoms with van der Waals surface area (Å²) in [6.45, 7) is 6.75. The van der Waals surface area contributed by atoms with Crippen LogP contribution in [0, 0.1) is 11.3 Å². The number of rotatable bonds is 15. The molecule has 0 aromatic rings. The van der Waals surface area contributed by atoms with Gasteiger partial charge in [-0.05, 0) is 19.3 Å². The third kappa shape index (κ3) is 11.2. The van der Waals surface area contributed by atoms with Crippen LogP contribution in [0.2, 0.25) is 0 Å². The molecule has 0 heterocycles. The highest BCUT2D eigenvalue weighted by molar-refractivity contribution is 7.48.